The van der Waals surface area contributed by atoms with Crippen molar-refractivity contribution >= 4 is 23.2 Å². The molecule has 0 aliphatic carbocycles. The zero-order valence-corrected chi connectivity index (χ0v) is 16.3. The number of amides is 1. The Morgan fingerprint density at radius 2 is 1.82 bits per heavy atom. The quantitative estimate of drug-likeness (QED) is 0.653. The highest BCUT2D eigenvalue weighted by Gasteiger charge is 2.17. The number of hydrogen-bond donors (Lipinski definition) is 1. The number of rotatable bonds is 7. The van der Waals surface area contributed by atoms with E-state index in [1.54, 1.807) is 17.3 Å². The number of benzene rings is 2. The Hall–Kier alpha value is -3.41. The maximum absolute atomic E-state index is 12.9. The van der Waals surface area contributed by atoms with Gasteiger partial charge in [-0.2, -0.15) is 0 Å². The van der Waals surface area contributed by atoms with E-state index in [0.29, 0.717) is 24.7 Å². The lowest BCUT2D eigenvalue weighted by molar-refractivity contribution is 0.0987. The molecule has 0 unspecified atom stereocenters. The summed E-state index contributed by atoms with van der Waals surface area (Å²) in [7, 11) is 0. The number of carbonyl (C=O) groups excluding carboxylic acids is 1. The van der Waals surface area contributed by atoms with Crippen molar-refractivity contribution in [3.8, 4) is 5.75 Å². The average Bonchev–Trinajstić information content (AvgIpc) is 2.71. The van der Waals surface area contributed by atoms with Crippen molar-refractivity contribution in [1.29, 1.82) is 0 Å². The summed E-state index contributed by atoms with van der Waals surface area (Å²) in [6.45, 7) is 7.01. The number of aromatic nitrogens is 2. The summed E-state index contributed by atoms with van der Waals surface area (Å²) in [5.41, 5.74) is 3.18. The molecule has 0 radical (unpaired) electrons. The van der Waals surface area contributed by atoms with E-state index in [1.165, 1.54) is 0 Å². The number of aryl methyl sites for hydroxylation is 1. The van der Waals surface area contributed by atoms with Gasteiger partial charge in [-0.05, 0) is 50.6 Å². The smallest absolute Gasteiger partial charge is 0.261 e. The van der Waals surface area contributed by atoms with E-state index in [-0.39, 0.29) is 5.91 Å². The van der Waals surface area contributed by atoms with Gasteiger partial charge in [0.1, 0.15) is 5.75 Å². The fourth-order valence-corrected chi connectivity index (χ4v) is 2.87. The Bertz CT molecular complexity index is 941. The van der Waals surface area contributed by atoms with E-state index in [4.69, 9.17) is 4.74 Å². The van der Waals surface area contributed by atoms with Crippen LogP contribution < -0.4 is 15.0 Å². The first kappa shape index (κ1) is 19.4. The van der Waals surface area contributed by atoms with Gasteiger partial charge >= 0.3 is 0 Å². The number of hydrogen-bond acceptors (Lipinski definition) is 5. The Labute approximate surface area is 165 Å². The molecule has 2 aromatic carbocycles. The largest absolute Gasteiger partial charge is 0.492 e. The van der Waals surface area contributed by atoms with Crippen LogP contribution in [0.4, 0.5) is 17.3 Å². The molecule has 1 aromatic heterocycles. The number of anilines is 3. The molecule has 0 aliphatic rings. The highest BCUT2D eigenvalue weighted by Crippen LogP contribution is 2.26. The summed E-state index contributed by atoms with van der Waals surface area (Å²) >= 11 is 0. The minimum absolute atomic E-state index is 0.130. The van der Waals surface area contributed by atoms with E-state index in [1.807, 2.05) is 69.3 Å². The van der Waals surface area contributed by atoms with Gasteiger partial charge in [0.05, 0.1) is 17.9 Å². The number of para-hydroxylation sites is 2. The van der Waals surface area contributed by atoms with Gasteiger partial charge in [0.15, 0.2) is 0 Å². The van der Waals surface area contributed by atoms with Crippen LogP contribution in [0.5, 0.6) is 5.75 Å². The maximum atomic E-state index is 12.9. The molecule has 0 atom stereocenters. The van der Waals surface area contributed by atoms with Crippen molar-refractivity contribution in [2.24, 2.45) is 0 Å². The number of carbonyl (C=O) groups is 1. The minimum atomic E-state index is -0.130. The van der Waals surface area contributed by atoms with Crippen molar-refractivity contribution in [3.05, 3.63) is 72.1 Å². The summed E-state index contributed by atoms with van der Waals surface area (Å²) in [4.78, 5) is 23.2. The maximum Gasteiger partial charge on any atom is 0.261 e. The van der Waals surface area contributed by atoms with Crippen LogP contribution in [0.15, 0.2) is 60.9 Å². The second-order valence-corrected chi connectivity index (χ2v) is 6.24. The summed E-state index contributed by atoms with van der Waals surface area (Å²) < 4.78 is 5.60. The second kappa shape index (κ2) is 8.99. The van der Waals surface area contributed by atoms with Crippen LogP contribution >= 0.6 is 0 Å². The predicted molar refractivity (Wildman–Crippen MR) is 111 cm³/mol. The fourth-order valence-electron chi connectivity index (χ4n) is 2.87. The zero-order chi connectivity index (χ0) is 19.9. The van der Waals surface area contributed by atoms with Crippen LogP contribution in [-0.4, -0.2) is 29.0 Å². The van der Waals surface area contributed by atoms with E-state index in [0.717, 1.165) is 22.7 Å². The van der Waals surface area contributed by atoms with Crippen molar-refractivity contribution < 1.29 is 9.53 Å². The topological polar surface area (TPSA) is 67.3 Å². The molecule has 6 heteroatoms. The standard InChI is InChI=1S/C22H24N4O2/c1-4-26(18-10-8-9-16(3)13-18)21(27)17-14-23-22(24-15-17)25-19-11-6-7-12-20(19)28-5-2/h6-15H,4-5H2,1-3H3,(H,23,24,25). The molecule has 1 heterocycles. The number of nitrogens with one attached hydrogen (secondary N) is 1. The molecular formula is C22H24N4O2. The monoisotopic (exact) mass is 376 g/mol. The lowest BCUT2D eigenvalue weighted by atomic mass is 10.2. The molecule has 0 saturated carbocycles. The van der Waals surface area contributed by atoms with Gasteiger partial charge in [0.2, 0.25) is 5.95 Å². The Morgan fingerprint density at radius 3 is 2.50 bits per heavy atom. The van der Waals surface area contributed by atoms with Gasteiger partial charge in [0, 0.05) is 24.6 Å². The molecular weight excluding hydrogens is 352 g/mol. The van der Waals surface area contributed by atoms with E-state index >= 15 is 0 Å². The normalized spacial score (nSPS) is 10.4. The summed E-state index contributed by atoms with van der Waals surface area (Å²) in [6.07, 6.45) is 3.08. The van der Waals surface area contributed by atoms with Gasteiger partial charge < -0.3 is 15.0 Å². The van der Waals surface area contributed by atoms with Crippen LogP contribution in [0.25, 0.3) is 0 Å². The number of ether oxygens (including phenoxy) is 1. The Kier molecular flexibility index (Phi) is 6.22. The highest BCUT2D eigenvalue weighted by molar-refractivity contribution is 6.05. The molecule has 3 aromatic rings. The second-order valence-electron chi connectivity index (χ2n) is 6.24. The summed E-state index contributed by atoms with van der Waals surface area (Å²) in [6, 6.07) is 15.5. The van der Waals surface area contributed by atoms with Gasteiger partial charge in [-0.3, -0.25) is 4.79 Å². The molecule has 0 bridgehead atoms. The molecule has 0 aliphatic heterocycles. The van der Waals surface area contributed by atoms with Gasteiger partial charge in [-0.15, -0.1) is 0 Å². The highest BCUT2D eigenvalue weighted by atomic mass is 16.5. The Morgan fingerprint density at radius 1 is 1.07 bits per heavy atom. The first-order valence-corrected chi connectivity index (χ1v) is 9.31. The first-order chi connectivity index (χ1) is 13.6. The lowest BCUT2D eigenvalue weighted by Crippen LogP contribution is -2.30. The lowest BCUT2D eigenvalue weighted by Gasteiger charge is -2.21. The van der Waals surface area contributed by atoms with Crippen molar-refractivity contribution in [1.82, 2.24) is 9.97 Å². The average molecular weight is 376 g/mol. The third-order valence-electron chi connectivity index (χ3n) is 4.21. The molecule has 28 heavy (non-hydrogen) atoms. The van der Waals surface area contributed by atoms with Crippen LogP contribution in [0, 0.1) is 6.92 Å². The van der Waals surface area contributed by atoms with Gasteiger partial charge in [-0.1, -0.05) is 24.3 Å². The number of nitrogens with zero attached hydrogens (tertiary/aromatic N) is 3. The van der Waals surface area contributed by atoms with E-state index in [2.05, 4.69) is 15.3 Å². The molecule has 0 fully saturated rings. The molecule has 6 nitrogen and oxygen atoms in total. The van der Waals surface area contributed by atoms with E-state index in [9.17, 15) is 4.79 Å². The first-order valence-electron chi connectivity index (χ1n) is 9.31. The third-order valence-corrected chi connectivity index (χ3v) is 4.21. The molecule has 1 N–H and O–H groups in total. The van der Waals surface area contributed by atoms with Crippen LogP contribution in [-0.2, 0) is 0 Å². The van der Waals surface area contributed by atoms with Crippen molar-refractivity contribution in [2.75, 3.05) is 23.4 Å². The predicted octanol–water partition coefficient (Wildman–Crippen LogP) is 4.59. The molecule has 3 rings (SSSR count). The van der Waals surface area contributed by atoms with Crippen LogP contribution in [0.2, 0.25) is 0 Å². The molecule has 144 valence electrons. The van der Waals surface area contributed by atoms with Crippen LogP contribution in [0.3, 0.4) is 0 Å². The van der Waals surface area contributed by atoms with Gasteiger partial charge in [-0.25, -0.2) is 9.97 Å². The summed E-state index contributed by atoms with van der Waals surface area (Å²) in [5.74, 6) is 1.00. The fraction of sp³-hybridized carbons (Fsp3) is 0.227. The molecule has 0 spiro atoms. The Balaban J connectivity index is 1.77. The van der Waals surface area contributed by atoms with E-state index < -0.39 is 0 Å². The molecule has 1 amide bonds. The van der Waals surface area contributed by atoms with Crippen molar-refractivity contribution in [2.45, 2.75) is 20.8 Å². The third kappa shape index (κ3) is 4.46. The van der Waals surface area contributed by atoms with Crippen LogP contribution in [0.1, 0.15) is 29.8 Å². The van der Waals surface area contributed by atoms with Crippen molar-refractivity contribution in [3.63, 3.8) is 0 Å². The summed E-state index contributed by atoms with van der Waals surface area (Å²) in [5, 5.41) is 3.13. The zero-order valence-electron chi connectivity index (χ0n) is 16.3. The molecule has 0 saturated heterocycles. The minimum Gasteiger partial charge on any atom is -0.492 e. The van der Waals surface area contributed by atoms with Gasteiger partial charge in [0.25, 0.3) is 5.91 Å². The SMILES string of the molecule is CCOc1ccccc1Nc1ncc(C(=O)N(CC)c2cccc(C)c2)cn1.